The molecule has 0 unspecified atom stereocenters. The summed E-state index contributed by atoms with van der Waals surface area (Å²) in [6, 6.07) is 11.1. The number of anilines is 2. The molecule has 2 amide bonds. The summed E-state index contributed by atoms with van der Waals surface area (Å²) < 4.78 is 1.46. The minimum atomic E-state index is -0.503. The second-order valence-electron chi connectivity index (χ2n) is 5.67. The van der Waals surface area contributed by atoms with Crippen molar-refractivity contribution >= 4 is 46.4 Å². The van der Waals surface area contributed by atoms with Crippen molar-refractivity contribution in [3.8, 4) is 0 Å². The first-order chi connectivity index (χ1) is 13.0. The largest absolute Gasteiger partial charge is 0.324 e. The van der Waals surface area contributed by atoms with E-state index in [1.54, 1.807) is 49.4 Å². The molecule has 138 valence electrons. The lowest BCUT2D eigenvalue weighted by Gasteiger charge is -2.13. The summed E-state index contributed by atoms with van der Waals surface area (Å²) in [6.45, 7) is 1.72. The zero-order valence-corrected chi connectivity index (χ0v) is 15.7. The molecular formula is C18H15Cl2N5O2. The van der Waals surface area contributed by atoms with Crippen molar-refractivity contribution in [2.75, 3.05) is 10.6 Å². The molecule has 0 spiro atoms. The zero-order valence-electron chi connectivity index (χ0n) is 14.2. The molecule has 3 rings (SSSR count). The van der Waals surface area contributed by atoms with Crippen LogP contribution in [0.15, 0.2) is 55.1 Å². The Labute approximate surface area is 165 Å². The summed E-state index contributed by atoms with van der Waals surface area (Å²) in [6.07, 6.45) is 2.84. The topological polar surface area (TPSA) is 88.9 Å². The van der Waals surface area contributed by atoms with Gasteiger partial charge in [0, 0.05) is 11.4 Å². The van der Waals surface area contributed by atoms with Gasteiger partial charge in [0.1, 0.15) is 18.7 Å². The Balaban J connectivity index is 1.64. The number of nitrogens with one attached hydrogen (secondary N) is 2. The smallest absolute Gasteiger partial charge is 0.257 e. The molecule has 0 radical (unpaired) electrons. The highest BCUT2D eigenvalue weighted by molar-refractivity contribution is 6.44. The van der Waals surface area contributed by atoms with E-state index in [2.05, 4.69) is 20.7 Å². The Morgan fingerprint density at radius 3 is 2.33 bits per heavy atom. The Morgan fingerprint density at radius 1 is 1.04 bits per heavy atom. The van der Waals surface area contributed by atoms with E-state index >= 15 is 0 Å². The number of halogens is 2. The first-order valence-corrected chi connectivity index (χ1v) is 8.71. The predicted octanol–water partition coefficient (Wildman–Crippen LogP) is 4.04. The van der Waals surface area contributed by atoms with Crippen LogP contribution in [-0.2, 0) is 4.79 Å². The number of carbonyl (C=O) groups excluding carboxylic acids is 2. The van der Waals surface area contributed by atoms with Crippen LogP contribution in [0.2, 0.25) is 10.0 Å². The summed E-state index contributed by atoms with van der Waals surface area (Å²) in [5, 5.41) is 9.97. The summed E-state index contributed by atoms with van der Waals surface area (Å²) in [5.74, 6) is -0.609. The Bertz CT molecular complexity index is 958. The molecule has 0 aliphatic carbocycles. The monoisotopic (exact) mass is 403 g/mol. The number of aromatic nitrogens is 3. The Kier molecular flexibility index (Phi) is 5.73. The highest BCUT2D eigenvalue weighted by Gasteiger charge is 2.16. The molecule has 0 saturated heterocycles. The van der Waals surface area contributed by atoms with Crippen molar-refractivity contribution in [3.05, 3.63) is 70.7 Å². The van der Waals surface area contributed by atoms with Crippen LogP contribution in [0.1, 0.15) is 23.3 Å². The zero-order chi connectivity index (χ0) is 19.4. The average Bonchev–Trinajstić information content (AvgIpc) is 3.19. The number of nitrogens with zero attached hydrogens (tertiary/aromatic N) is 3. The maximum Gasteiger partial charge on any atom is 0.257 e. The van der Waals surface area contributed by atoms with Crippen molar-refractivity contribution < 1.29 is 9.59 Å². The maximum atomic E-state index is 12.3. The molecular weight excluding hydrogens is 389 g/mol. The molecule has 2 aromatic carbocycles. The van der Waals surface area contributed by atoms with Crippen molar-refractivity contribution in [3.63, 3.8) is 0 Å². The summed E-state index contributed by atoms with van der Waals surface area (Å²) in [7, 11) is 0. The van der Waals surface area contributed by atoms with Gasteiger partial charge in [0.2, 0.25) is 5.91 Å². The fourth-order valence-electron chi connectivity index (χ4n) is 2.30. The molecule has 0 bridgehead atoms. The van der Waals surface area contributed by atoms with E-state index in [4.69, 9.17) is 23.2 Å². The average molecular weight is 404 g/mol. The van der Waals surface area contributed by atoms with Crippen LogP contribution in [0.4, 0.5) is 11.4 Å². The van der Waals surface area contributed by atoms with Crippen LogP contribution in [0.3, 0.4) is 0 Å². The number of carbonyl (C=O) groups is 2. The Hall–Kier alpha value is -2.90. The maximum absolute atomic E-state index is 12.3. The molecule has 0 fully saturated rings. The lowest BCUT2D eigenvalue weighted by atomic mass is 10.2. The fraction of sp³-hybridized carbons (Fsp3) is 0.111. The highest BCUT2D eigenvalue weighted by Crippen LogP contribution is 2.26. The van der Waals surface area contributed by atoms with E-state index in [1.807, 2.05) is 0 Å². The van der Waals surface area contributed by atoms with Crippen LogP contribution >= 0.6 is 23.2 Å². The summed E-state index contributed by atoms with van der Waals surface area (Å²) in [5.41, 5.74) is 1.42. The molecule has 1 atom stereocenters. The molecule has 1 aromatic heterocycles. The second-order valence-corrected chi connectivity index (χ2v) is 6.46. The van der Waals surface area contributed by atoms with Gasteiger partial charge in [-0.25, -0.2) is 9.67 Å². The first-order valence-electron chi connectivity index (χ1n) is 7.96. The number of hydrogen-bond acceptors (Lipinski definition) is 4. The van der Waals surface area contributed by atoms with Gasteiger partial charge in [-0.2, -0.15) is 5.10 Å². The molecule has 0 aliphatic rings. The van der Waals surface area contributed by atoms with Crippen LogP contribution < -0.4 is 10.6 Å². The van der Waals surface area contributed by atoms with Gasteiger partial charge >= 0.3 is 0 Å². The Morgan fingerprint density at radius 2 is 1.70 bits per heavy atom. The van der Waals surface area contributed by atoms with E-state index < -0.39 is 6.04 Å². The van der Waals surface area contributed by atoms with Gasteiger partial charge < -0.3 is 10.6 Å². The lowest BCUT2D eigenvalue weighted by molar-refractivity contribution is -0.119. The normalized spacial score (nSPS) is 11.7. The van der Waals surface area contributed by atoms with E-state index in [-0.39, 0.29) is 22.4 Å². The van der Waals surface area contributed by atoms with Crippen LogP contribution in [0.5, 0.6) is 0 Å². The molecule has 9 heteroatoms. The van der Waals surface area contributed by atoms with Crippen molar-refractivity contribution in [1.29, 1.82) is 0 Å². The fourth-order valence-corrected chi connectivity index (χ4v) is 2.69. The molecule has 1 heterocycles. The van der Waals surface area contributed by atoms with Crippen LogP contribution in [0, 0.1) is 0 Å². The third-order valence-corrected chi connectivity index (χ3v) is 4.64. The number of amides is 2. The molecule has 7 nitrogen and oxygen atoms in total. The third-order valence-electron chi connectivity index (χ3n) is 3.82. The molecule has 27 heavy (non-hydrogen) atoms. The van der Waals surface area contributed by atoms with Crippen molar-refractivity contribution in [1.82, 2.24) is 14.8 Å². The van der Waals surface area contributed by atoms with E-state index in [0.29, 0.717) is 16.4 Å². The number of benzene rings is 2. The van der Waals surface area contributed by atoms with Crippen molar-refractivity contribution in [2.45, 2.75) is 13.0 Å². The first kappa shape index (κ1) is 18.9. The van der Waals surface area contributed by atoms with E-state index in [9.17, 15) is 9.59 Å². The van der Waals surface area contributed by atoms with Gasteiger partial charge in [-0.15, -0.1) is 0 Å². The third kappa shape index (κ3) is 4.45. The standard InChI is InChI=1S/C18H15Cl2N5O2/c1-11(25-10-21-9-22-25)17(26)23-12-5-7-13(8-6-12)24-18(27)14-3-2-4-15(19)16(14)20/h2-11H,1H3,(H,23,26)(H,24,27)/t11-/m1/s1. The summed E-state index contributed by atoms with van der Waals surface area (Å²) in [4.78, 5) is 28.4. The van der Waals surface area contributed by atoms with Crippen molar-refractivity contribution in [2.24, 2.45) is 0 Å². The van der Waals surface area contributed by atoms with Crippen LogP contribution in [0.25, 0.3) is 0 Å². The van der Waals surface area contributed by atoms with Gasteiger partial charge in [0.15, 0.2) is 0 Å². The predicted molar refractivity (Wildman–Crippen MR) is 104 cm³/mol. The second kappa shape index (κ2) is 8.20. The highest BCUT2D eigenvalue weighted by atomic mass is 35.5. The van der Waals surface area contributed by atoms with Gasteiger partial charge in [-0.1, -0.05) is 29.3 Å². The molecule has 3 aromatic rings. The number of rotatable bonds is 5. The SMILES string of the molecule is C[C@H](C(=O)Nc1ccc(NC(=O)c2cccc(Cl)c2Cl)cc1)n1cncn1. The van der Waals surface area contributed by atoms with Crippen LogP contribution in [-0.4, -0.2) is 26.6 Å². The minimum absolute atomic E-state index is 0.197. The molecule has 0 saturated carbocycles. The quantitative estimate of drug-likeness (QED) is 0.672. The van der Waals surface area contributed by atoms with Gasteiger partial charge in [0.05, 0.1) is 15.6 Å². The van der Waals surface area contributed by atoms with Gasteiger partial charge in [-0.05, 0) is 43.3 Å². The van der Waals surface area contributed by atoms with E-state index in [1.165, 1.54) is 17.3 Å². The van der Waals surface area contributed by atoms with E-state index in [0.717, 1.165) is 0 Å². The summed E-state index contributed by atoms with van der Waals surface area (Å²) >= 11 is 12.0. The van der Waals surface area contributed by atoms with Gasteiger partial charge in [-0.3, -0.25) is 9.59 Å². The molecule has 2 N–H and O–H groups in total. The lowest BCUT2D eigenvalue weighted by Crippen LogP contribution is -2.24. The number of hydrogen-bond donors (Lipinski definition) is 2. The molecule has 0 aliphatic heterocycles. The minimum Gasteiger partial charge on any atom is -0.324 e. The van der Waals surface area contributed by atoms with Gasteiger partial charge in [0.25, 0.3) is 5.91 Å².